The van der Waals surface area contributed by atoms with Gasteiger partial charge in [-0.25, -0.2) is 13.8 Å². The predicted octanol–water partition coefficient (Wildman–Crippen LogP) is 2.81. The normalized spacial score (nSPS) is 10.9. The third kappa shape index (κ3) is 3.08. The summed E-state index contributed by atoms with van der Waals surface area (Å²) in [7, 11) is 1.92. The summed E-state index contributed by atoms with van der Waals surface area (Å²) in [4.78, 5) is 16.7. The van der Waals surface area contributed by atoms with E-state index in [0.717, 1.165) is 28.5 Å². The van der Waals surface area contributed by atoms with Gasteiger partial charge in [0.1, 0.15) is 0 Å². The number of hydrogen-bond donors (Lipinski definition) is 1. The van der Waals surface area contributed by atoms with Crippen molar-refractivity contribution in [2.24, 2.45) is 0 Å². The maximum Gasteiger partial charge on any atom is 0.258 e. The number of hydrogen-bond acceptors (Lipinski definition) is 2. The third-order valence-corrected chi connectivity index (χ3v) is 4.31. The Hall–Kier alpha value is -3.48. The van der Waals surface area contributed by atoms with E-state index in [2.05, 4.69) is 10.3 Å². The highest BCUT2D eigenvalue weighted by molar-refractivity contribution is 6.30. The van der Waals surface area contributed by atoms with Crippen molar-refractivity contribution in [1.82, 2.24) is 9.55 Å². The quantitative estimate of drug-likeness (QED) is 0.571. The van der Waals surface area contributed by atoms with Gasteiger partial charge in [0.15, 0.2) is 19.5 Å². The van der Waals surface area contributed by atoms with Gasteiger partial charge in [0.25, 0.3) is 5.91 Å². The van der Waals surface area contributed by atoms with Crippen LogP contribution in [0, 0.1) is 11.6 Å². The van der Waals surface area contributed by atoms with E-state index in [1.54, 1.807) is 12.1 Å². The molecule has 0 bridgehead atoms. The van der Waals surface area contributed by atoms with Gasteiger partial charge in [0, 0.05) is 11.4 Å². The van der Waals surface area contributed by atoms with Gasteiger partial charge in [-0.2, -0.15) is 0 Å². The van der Waals surface area contributed by atoms with Crippen LogP contribution in [-0.4, -0.2) is 23.3 Å². The second kappa shape index (κ2) is 6.68. The Morgan fingerprint density at radius 3 is 2.48 bits per heavy atom. The second-order valence-electron chi connectivity index (χ2n) is 6.09. The van der Waals surface area contributed by atoms with Crippen LogP contribution in [-0.2, 0) is 0 Å². The van der Waals surface area contributed by atoms with Gasteiger partial charge in [-0.3, -0.25) is 4.79 Å². The van der Waals surface area contributed by atoms with Crippen LogP contribution in [0.3, 0.4) is 0 Å². The van der Waals surface area contributed by atoms with E-state index < -0.39 is 17.5 Å². The summed E-state index contributed by atoms with van der Waals surface area (Å²) in [5, 5.41) is 2.58. The summed E-state index contributed by atoms with van der Waals surface area (Å²) in [6.07, 6.45) is 0. The molecule has 0 aliphatic carbocycles. The average Bonchev–Trinajstić information content (AvgIpc) is 3.00. The van der Waals surface area contributed by atoms with Gasteiger partial charge < -0.3 is 9.88 Å². The molecule has 3 aromatic carbocycles. The molecular weight excluding hydrogens is 347 g/mol. The van der Waals surface area contributed by atoms with E-state index in [9.17, 15) is 13.6 Å². The first-order valence-electron chi connectivity index (χ1n) is 8.34. The minimum absolute atomic E-state index is 0.337. The van der Waals surface area contributed by atoms with Crippen LogP contribution in [0.4, 0.5) is 14.5 Å². The molecule has 1 aromatic heterocycles. The summed E-state index contributed by atoms with van der Waals surface area (Å²) in [5.41, 5.74) is 3.75. The zero-order valence-corrected chi connectivity index (χ0v) is 14.4. The van der Waals surface area contributed by atoms with Crippen molar-refractivity contribution in [1.29, 1.82) is 0 Å². The molecule has 0 radical (unpaired) electrons. The lowest BCUT2D eigenvalue weighted by atomic mass is 10.1. The summed E-state index contributed by atoms with van der Waals surface area (Å²) in [6.45, 7) is 0. The van der Waals surface area contributed by atoms with E-state index in [4.69, 9.17) is 0 Å². The molecule has 0 fully saturated rings. The fraction of sp³-hybridized carbons (Fsp3) is 0. The van der Waals surface area contributed by atoms with Crippen LogP contribution in [0.1, 0.15) is 10.4 Å². The maximum absolute atomic E-state index is 13.8. The minimum Gasteiger partial charge on any atom is -0.322 e. The van der Waals surface area contributed by atoms with E-state index in [0.29, 0.717) is 5.69 Å². The number of halogens is 2. The number of anilines is 1. The van der Waals surface area contributed by atoms with Crippen LogP contribution >= 0.6 is 0 Å². The number of imidazole rings is 1. The maximum atomic E-state index is 13.8. The smallest absolute Gasteiger partial charge is 0.258 e. The van der Waals surface area contributed by atoms with E-state index >= 15 is 0 Å². The highest BCUT2D eigenvalue weighted by Crippen LogP contribution is 2.19. The number of nitrogens with one attached hydrogen (secondary N) is 1. The van der Waals surface area contributed by atoms with Crippen molar-refractivity contribution in [2.75, 3.05) is 5.32 Å². The van der Waals surface area contributed by atoms with E-state index in [-0.39, 0.29) is 5.56 Å². The van der Waals surface area contributed by atoms with E-state index in [1.165, 1.54) is 12.1 Å². The van der Waals surface area contributed by atoms with Crippen LogP contribution in [0.2, 0.25) is 0 Å². The minimum atomic E-state index is -1.16. The van der Waals surface area contributed by atoms with Crippen LogP contribution in [0.25, 0.3) is 16.7 Å². The average molecular weight is 361 g/mol. The molecule has 0 saturated heterocycles. The molecule has 4 nitrogen and oxygen atoms in total. The molecule has 4 aromatic rings. The monoisotopic (exact) mass is 361 g/mol. The van der Waals surface area contributed by atoms with Crippen molar-refractivity contribution in [2.45, 2.75) is 0 Å². The second-order valence-corrected chi connectivity index (χ2v) is 6.09. The molecular formula is C20H14BF2N3O. The summed E-state index contributed by atoms with van der Waals surface area (Å²) >= 11 is 0. The summed E-state index contributed by atoms with van der Waals surface area (Å²) < 4.78 is 29.0. The SMILES string of the molecule is Bc1nc2ccccc2n1-c1ccc(NC(=O)c2cccc(F)c2F)cc1. The van der Waals surface area contributed by atoms with Crippen molar-refractivity contribution in [3.05, 3.63) is 83.9 Å². The van der Waals surface area contributed by atoms with Gasteiger partial charge in [-0.05, 0) is 48.5 Å². The predicted molar refractivity (Wildman–Crippen MR) is 104 cm³/mol. The van der Waals surface area contributed by atoms with Crippen molar-refractivity contribution < 1.29 is 13.6 Å². The largest absolute Gasteiger partial charge is 0.322 e. The number of aromatic nitrogens is 2. The number of benzene rings is 3. The van der Waals surface area contributed by atoms with Gasteiger partial charge in [-0.15, -0.1) is 0 Å². The first kappa shape index (κ1) is 17.0. The molecule has 4 rings (SSSR count). The number of fused-ring (bicyclic) bond motifs is 1. The number of para-hydroxylation sites is 2. The van der Waals surface area contributed by atoms with Crippen LogP contribution in [0.5, 0.6) is 0 Å². The Morgan fingerprint density at radius 2 is 1.70 bits per heavy atom. The highest BCUT2D eigenvalue weighted by Gasteiger charge is 2.15. The summed E-state index contributed by atoms with van der Waals surface area (Å²) in [5.74, 6) is -2.92. The number of carbonyl (C=O) groups excluding carboxylic acids is 1. The molecule has 0 aliphatic rings. The molecule has 0 spiro atoms. The molecule has 7 heteroatoms. The standard InChI is InChI=1S/C20H14BF2N3O/c21-20-25-16-6-1-2-7-17(16)26(20)13-10-8-12(9-11-13)24-19(27)14-4-3-5-15(22)18(14)23/h1-11H,21H2,(H,24,27). The first-order valence-corrected chi connectivity index (χ1v) is 8.34. The molecule has 0 unspecified atom stereocenters. The molecule has 0 aliphatic heterocycles. The molecule has 1 heterocycles. The molecule has 1 amide bonds. The Morgan fingerprint density at radius 1 is 0.963 bits per heavy atom. The lowest BCUT2D eigenvalue weighted by molar-refractivity contribution is 0.102. The lowest BCUT2D eigenvalue weighted by Crippen LogP contribution is -2.17. The molecule has 27 heavy (non-hydrogen) atoms. The number of nitrogens with zero attached hydrogens (tertiary/aromatic N) is 2. The first-order chi connectivity index (χ1) is 13.0. The number of carbonyl (C=O) groups is 1. The molecule has 0 atom stereocenters. The molecule has 132 valence electrons. The van der Waals surface area contributed by atoms with Gasteiger partial charge >= 0.3 is 0 Å². The fourth-order valence-electron chi connectivity index (χ4n) is 3.04. The Bertz CT molecular complexity index is 1160. The fourth-order valence-corrected chi connectivity index (χ4v) is 3.04. The van der Waals surface area contributed by atoms with Crippen molar-refractivity contribution in [3.8, 4) is 5.69 Å². The Kier molecular flexibility index (Phi) is 4.20. The molecule has 0 saturated carbocycles. The van der Waals surface area contributed by atoms with Crippen molar-refractivity contribution in [3.63, 3.8) is 0 Å². The van der Waals surface area contributed by atoms with Gasteiger partial charge in [-0.1, -0.05) is 18.2 Å². The highest BCUT2D eigenvalue weighted by atomic mass is 19.2. The Balaban J connectivity index is 1.62. The number of amides is 1. The van der Waals surface area contributed by atoms with Gasteiger partial charge in [0.05, 0.1) is 22.3 Å². The van der Waals surface area contributed by atoms with Crippen molar-refractivity contribution >= 4 is 36.2 Å². The Labute approximate surface area is 154 Å². The number of rotatable bonds is 3. The van der Waals surface area contributed by atoms with Crippen LogP contribution < -0.4 is 11.0 Å². The zero-order chi connectivity index (χ0) is 19.0. The van der Waals surface area contributed by atoms with E-state index in [1.807, 2.05) is 48.8 Å². The van der Waals surface area contributed by atoms with Crippen LogP contribution in [0.15, 0.2) is 66.7 Å². The third-order valence-electron chi connectivity index (χ3n) is 4.31. The molecule has 1 N–H and O–H groups in total. The van der Waals surface area contributed by atoms with Gasteiger partial charge in [0.2, 0.25) is 0 Å². The zero-order valence-electron chi connectivity index (χ0n) is 14.4. The summed E-state index contributed by atoms with van der Waals surface area (Å²) in [6, 6.07) is 18.4. The lowest BCUT2D eigenvalue weighted by Gasteiger charge is -2.10. The topological polar surface area (TPSA) is 46.9 Å².